The molecule has 0 saturated heterocycles. The lowest BCUT2D eigenvalue weighted by atomic mass is 10.1. The smallest absolute Gasteiger partial charge is 0.359 e. The average molecular weight is 302 g/mol. The first-order chi connectivity index (χ1) is 9.81. The number of rotatable bonds is 12. The number of carboxylic acid groups (broad SMARTS) is 3. The van der Waals surface area contributed by atoms with E-state index in [9.17, 15) is 14.4 Å². The Morgan fingerprint density at radius 1 is 0.857 bits per heavy atom. The van der Waals surface area contributed by atoms with Crippen LogP contribution in [-0.2, 0) is 14.4 Å². The molecular weight excluding hydrogens is 278 g/mol. The van der Waals surface area contributed by atoms with Crippen LogP contribution in [-0.4, -0.2) is 63.9 Å². The molecule has 0 aromatic rings. The van der Waals surface area contributed by atoms with Crippen LogP contribution in [0, 0.1) is 0 Å². The third kappa shape index (κ3) is 9.61. The SMILES string of the molecule is CC/C=C/CCCC[N+](CC(=O)O)(CC(=O)O)CC(=O)O. The van der Waals surface area contributed by atoms with Crippen LogP contribution >= 0.6 is 0 Å². The molecule has 0 aliphatic rings. The van der Waals surface area contributed by atoms with Gasteiger partial charge in [0.1, 0.15) is 0 Å². The van der Waals surface area contributed by atoms with E-state index in [-0.39, 0.29) is 6.54 Å². The van der Waals surface area contributed by atoms with E-state index in [1.165, 1.54) is 0 Å². The van der Waals surface area contributed by atoms with Crippen molar-refractivity contribution in [2.75, 3.05) is 26.2 Å². The summed E-state index contributed by atoms with van der Waals surface area (Å²) in [5.41, 5.74) is 0. The molecule has 0 amide bonds. The summed E-state index contributed by atoms with van der Waals surface area (Å²) in [7, 11) is 0. The number of hydrogen-bond acceptors (Lipinski definition) is 3. The minimum atomic E-state index is -1.19. The number of carboxylic acids is 3. The molecule has 0 unspecified atom stereocenters. The van der Waals surface area contributed by atoms with Crippen molar-refractivity contribution in [2.24, 2.45) is 0 Å². The third-order valence-electron chi connectivity index (χ3n) is 3.07. The number of unbranched alkanes of at least 4 members (excludes halogenated alkanes) is 2. The lowest BCUT2D eigenvalue weighted by Gasteiger charge is -2.34. The van der Waals surface area contributed by atoms with Crippen molar-refractivity contribution in [3.05, 3.63) is 12.2 Å². The van der Waals surface area contributed by atoms with Gasteiger partial charge >= 0.3 is 17.9 Å². The van der Waals surface area contributed by atoms with Gasteiger partial charge in [0.05, 0.1) is 6.54 Å². The van der Waals surface area contributed by atoms with Crippen LogP contribution in [0.25, 0.3) is 0 Å². The highest BCUT2D eigenvalue weighted by Gasteiger charge is 2.35. The maximum Gasteiger partial charge on any atom is 0.359 e. The molecule has 0 aromatic carbocycles. The zero-order valence-corrected chi connectivity index (χ0v) is 12.3. The average Bonchev–Trinajstić information content (AvgIpc) is 2.30. The Kier molecular flexibility index (Phi) is 9.03. The van der Waals surface area contributed by atoms with Crippen LogP contribution in [0.1, 0.15) is 32.6 Å². The molecule has 0 fully saturated rings. The van der Waals surface area contributed by atoms with Crippen molar-refractivity contribution in [2.45, 2.75) is 32.6 Å². The van der Waals surface area contributed by atoms with Gasteiger partial charge in [-0.05, 0) is 25.7 Å². The number of carbonyl (C=O) groups is 3. The fourth-order valence-corrected chi connectivity index (χ4v) is 2.26. The van der Waals surface area contributed by atoms with E-state index in [2.05, 4.69) is 0 Å². The first kappa shape index (κ1) is 19.1. The zero-order chi connectivity index (χ0) is 16.3. The van der Waals surface area contributed by atoms with Gasteiger partial charge in [0, 0.05) is 0 Å². The molecule has 0 heterocycles. The second kappa shape index (κ2) is 9.93. The van der Waals surface area contributed by atoms with Crippen LogP contribution in [0.2, 0.25) is 0 Å². The van der Waals surface area contributed by atoms with Crippen LogP contribution in [0.15, 0.2) is 12.2 Å². The van der Waals surface area contributed by atoms with E-state index >= 15 is 0 Å². The number of allylic oxidation sites excluding steroid dienone is 2. The van der Waals surface area contributed by atoms with E-state index < -0.39 is 42.0 Å². The summed E-state index contributed by atoms with van der Waals surface area (Å²) >= 11 is 0. The van der Waals surface area contributed by atoms with Crippen LogP contribution in [0.3, 0.4) is 0 Å². The summed E-state index contributed by atoms with van der Waals surface area (Å²) in [4.78, 5) is 32.8. The highest BCUT2D eigenvalue weighted by molar-refractivity contribution is 5.73. The lowest BCUT2D eigenvalue weighted by molar-refractivity contribution is -0.907. The molecule has 0 spiro atoms. The minimum absolute atomic E-state index is 0.227. The van der Waals surface area contributed by atoms with Crippen molar-refractivity contribution in [3.8, 4) is 0 Å². The van der Waals surface area contributed by atoms with Gasteiger partial charge in [-0.25, -0.2) is 14.4 Å². The van der Waals surface area contributed by atoms with Gasteiger partial charge in [0.15, 0.2) is 19.6 Å². The third-order valence-corrected chi connectivity index (χ3v) is 3.07. The summed E-state index contributed by atoms with van der Waals surface area (Å²) in [6.07, 6.45) is 7.16. The Hall–Kier alpha value is -1.89. The van der Waals surface area contributed by atoms with E-state index in [0.717, 1.165) is 19.3 Å². The predicted molar refractivity (Wildman–Crippen MR) is 75.9 cm³/mol. The second-order valence-electron chi connectivity index (χ2n) is 5.10. The number of hydrogen-bond donors (Lipinski definition) is 3. The molecule has 0 rings (SSSR count). The fourth-order valence-electron chi connectivity index (χ4n) is 2.26. The molecule has 0 aromatic heterocycles. The highest BCUT2D eigenvalue weighted by atomic mass is 16.4. The first-order valence-electron chi connectivity index (χ1n) is 6.97. The Morgan fingerprint density at radius 2 is 1.33 bits per heavy atom. The van der Waals surface area contributed by atoms with E-state index in [4.69, 9.17) is 15.3 Å². The van der Waals surface area contributed by atoms with Gasteiger partial charge in [0.25, 0.3) is 0 Å². The summed E-state index contributed by atoms with van der Waals surface area (Å²) in [5.74, 6) is -3.57. The summed E-state index contributed by atoms with van der Waals surface area (Å²) < 4.78 is -0.461. The predicted octanol–water partition coefficient (Wildman–Crippen LogP) is 1.19. The first-order valence-corrected chi connectivity index (χ1v) is 6.97. The molecule has 21 heavy (non-hydrogen) atoms. The number of quaternary nitrogens is 1. The highest BCUT2D eigenvalue weighted by Crippen LogP contribution is 2.11. The van der Waals surface area contributed by atoms with Gasteiger partial charge < -0.3 is 15.3 Å². The Labute approximate surface area is 124 Å². The molecule has 0 bridgehead atoms. The van der Waals surface area contributed by atoms with Crippen molar-refractivity contribution < 1.29 is 34.2 Å². The molecule has 0 aliphatic heterocycles. The Balaban J connectivity index is 4.72. The van der Waals surface area contributed by atoms with Crippen molar-refractivity contribution in [1.82, 2.24) is 0 Å². The maximum atomic E-state index is 10.9. The monoisotopic (exact) mass is 302 g/mol. The topological polar surface area (TPSA) is 112 Å². The van der Waals surface area contributed by atoms with Crippen LogP contribution in [0.4, 0.5) is 0 Å². The Bertz CT molecular complexity index is 350. The van der Waals surface area contributed by atoms with Crippen LogP contribution < -0.4 is 0 Å². The summed E-state index contributed by atoms with van der Waals surface area (Å²) in [6.45, 7) is 0.756. The fraction of sp³-hybridized carbons (Fsp3) is 0.643. The summed E-state index contributed by atoms with van der Waals surface area (Å²) in [5, 5.41) is 26.8. The van der Waals surface area contributed by atoms with Crippen LogP contribution in [0.5, 0.6) is 0 Å². The Morgan fingerprint density at radius 3 is 1.71 bits per heavy atom. The largest absolute Gasteiger partial charge is 0.477 e. The van der Waals surface area contributed by atoms with Crippen molar-refractivity contribution in [1.29, 1.82) is 0 Å². The van der Waals surface area contributed by atoms with Crippen molar-refractivity contribution >= 4 is 17.9 Å². The zero-order valence-electron chi connectivity index (χ0n) is 12.3. The van der Waals surface area contributed by atoms with Gasteiger partial charge in [-0.1, -0.05) is 19.1 Å². The van der Waals surface area contributed by atoms with Gasteiger partial charge in [-0.3, -0.25) is 4.48 Å². The molecule has 0 aliphatic carbocycles. The number of nitrogens with zero attached hydrogens (tertiary/aromatic N) is 1. The lowest BCUT2D eigenvalue weighted by Crippen LogP contribution is -2.57. The molecule has 0 radical (unpaired) electrons. The maximum absolute atomic E-state index is 10.9. The molecule has 0 saturated carbocycles. The van der Waals surface area contributed by atoms with Gasteiger partial charge in [-0.2, -0.15) is 0 Å². The van der Waals surface area contributed by atoms with Gasteiger partial charge in [-0.15, -0.1) is 0 Å². The van der Waals surface area contributed by atoms with Gasteiger partial charge in [0.2, 0.25) is 0 Å². The molecular formula is C14H24NO6+. The molecule has 0 atom stereocenters. The molecule has 7 heteroatoms. The van der Waals surface area contributed by atoms with E-state index in [1.54, 1.807) is 0 Å². The summed E-state index contributed by atoms with van der Waals surface area (Å²) in [6, 6.07) is 0. The standard InChI is InChI=1S/C14H23NO6/c1-2-3-4-5-6-7-8-15(9-12(16)17,10-13(18)19)11-14(20)21/h3-4H,2,5-11H2,1H3,(H2-,16,17,18,19,20,21)/p+1/b4-3+. The normalized spacial score (nSPS) is 11.7. The van der Waals surface area contributed by atoms with E-state index in [0.29, 0.717) is 6.42 Å². The quantitative estimate of drug-likeness (QED) is 0.284. The molecule has 120 valence electrons. The second-order valence-corrected chi connectivity index (χ2v) is 5.10. The van der Waals surface area contributed by atoms with Crippen molar-refractivity contribution in [3.63, 3.8) is 0 Å². The minimum Gasteiger partial charge on any atom is -0.477 e. The van der Waals surface area contributed by atoms with E-state index in [1.807, 2.05) is 19.1 Å². The molecule has 3 N–H and O–H groups in total. The number of aliphatic carboxylic acids is 3. The molecule has 7 nitrogen and oxygen atoms in total.